The zero-order valence-electron chi connectivity index (χ0n) is 11.5. The van der Waals surface area contributed by atoms with E-state index in [1.54, 1.807) is 26.2 Å². The summed E-state index contributed by atoms with van der Waals surface area (Å²) in [6.45, 7) is 3.57. The Morgan fingerprint density at radius 2 is 2.00 bits per heavy atom. The van der Waals surface area contributed by atoms with Crippen molar-refractivity contribution < 1.29 is 14.7 Å². The van der Waals surface area contributed by atoms with E-state index in [0.717, 1.165) is 5.56 Å². The Morgan fingerprint density at radius 3 is 2.55 bits per heavy atom. The van der Waals surface area contributed by atoms with E-state index in [4.69, 9.17) is 0 Å². The predicted molar refractivity (Wildman–Crippen MR) is 74.0 cm³/mol. The van der Waals surface area contributed by atoms with Gasteiger partial charge in [-0.2, -0.15) is 5.10 Å². The van der Waals surface area contributed by atoms with E-state index in [0.29, 0.717) is 11.3 Å². The molecule has 2 N–H and O–H groups in total. The number of carbonyl (C=O) groups is 2. The minimum absolute atomic E-state index is 0.0757. The minimum Gasteiger partial charge on any atom is -0.478 e. The van der Waals surface area contributed by atoms with Crippen LogP contribution in [0.4, 0.5) is 5.69 Å². The number of aryl methyl sites for hydroxylation is 3. The van der Waals surface area contributed by atoms with E-state index >= 15 is 0 Å². The predicted octanol–water partition coefficient (Wildman–Crippen LogP) is 1.99. The lowest BCUT2D eigenvalue weighted by atomic mass is 10.0. The van der Waals surface area contributed by atoms with Gasteiger partial charge in [0.1, 0.15) is 0 Å². The van der Waals surface area contributed by atoms with Crippen molar-refractivity contribution in [2.24, 2.45) is 7.05 Å². The van der Waals surface area contributed by atoms with Gasteiger partial charge in [-0.3, -0.25) is 9.48 Å². The molecule has 20 heavy (non-hydrogen) atoms. The highest BCUT2D eigenvalue weighted by molar-refractivity contribution is 6.07. The highest BCUT2D eigenvalue weighted by Gasteiger charge is 2.17. The molecule has 0 aliphatic heterocycles. The number of rotatable bonds is 3. The molecule has 0 radical (unpaired) electrons. The molecule has 0 aliphatic rings. The van der Waals surface area contributed by atoms with E-state index in [1.165, 1.54) is 10.7 Å². The first-order valence-electron chi connectivity index (χ1n) is 6.04. The molecule has 1 amide bonds. The Kier molecular flexibility index (Phi) is 3.56. The number of benzene rings is 1. The van der Waals surface area contributed by atoms with Gasteiger partial charge in [0, 0.05) is 13.2 Å². The molecule has 2 rings (SSSR count). The Bertz CT molecular complexity index is 689. The molecule has 1 aromatic heterocycles. The molecule has 0 spiro atoms. The second kappa shape index (κ2) is 5.16. The summed E-state index contributed by atoms with van der Waals surface area (Å²) in [5, 5.41) is 15.8. The van der Waals surface area contributed by atoms with Crippen molar-refractivity contribution in [1.29, 1.82) is 0 Å². The molecule has 0 saturated carbocycles. The van der Waals surface area contributed by atoms with Crippen LogP contribution in [0, 0.1) is 13.8 Å². The molecule has 6 heteroatoms. The average Bonchev–Trinajstić information content (AvgIpc) is 2.78. The summed E-state index contributed by atoms with van der Waals surface area (Å²) >= 11 is 0. The van der Waals surface area contributed by atoms with Crippen LogP contribution in [-0.4, -0.2) is 26.8 Å². The summed E-state index contributed by atoms with van der Waals surface area (Å²) in [6.07, 6.45) is 1.65. The number of aromatic nitrogens is 2. The van der Waals surface area contributed by atoms with Gasteiger partial charge in [-0.15, -0.1) is 0 Å². The summed E-state index contributed by atoms with van der Waals surface area (Å²) in [5.74, 6) is -1.51. The van der Waals surface area contributed by atoms with Crippen molar-refractivity contribution in [3.8, 4) is 0 Å². The monoisotopic (exact) mass is 273 g/mol. The molecular formula is C14H15N3O3. The topological polar surface area (TPSA) is 84.2 Å². The van der Waals surface area contributed by atoms with E-state index in [-0.39, 0.29) is 11.3 Å². The highest BCUT2D eigenvalue weighted by atomic mass is 16.4. The molecule has 0 saturated heterocycles. The van der Waals surface area contributed by atoms with Gasteiger partial charge >= 0.3 is 5.97 Å². The first-order valence-corrected chi connectivity index (χ1v) is 6.04. The maximum Gasteiger partial charge on any atom is 0.337 e. The van der Waals surface area contributed by atoms with Crippen molar-refractivity contribution in [2.75, 3.05) is 5.32 Å². The Balaban J connectivity index is 2.38. The number of nitrogens with zero attached hydrogens (tertiary/aromatic N) is 2. The molecule has 0 atom stereocenters. The second-order valence-corrected chi connectivity index (χ2v) is 4.64. The standard InChI is InChI=1S/C14H15N3O3/c1-8-6-9(2)12(10(7-8)14(19)20)15-13(18)11-4-5-17(3)16-11/h4-7H,1-3H3,(H,15,18)(H,19,20). The van der Waals surface area contributed by atoms with Crippen LogP contribution in [0.25, 0.3) is 0 Å². The first kappa shape index (κ1) is 13.8. The molecule has 0 unspecified atom stereocenters. The van der Waals surface area contributed by atoms with Crippen molar-refractivity contribution >= 4 is 17.6 Å². The van der Waals surface area contributed by atoms with Gasteiger partial charge in [-0.25, -0.2) is 4.79 Å². The number of amides is 1. The molecular weight excluding hydrogens is 258 g/mol. The van der Waals surface area contributed by atoms with Gasteiger partial charge in [0.05, 0.1) is 11.3 Å². The number of anilines is 1. The molecule has 0 fully saturated rings. The second-order valence-electron chi connectivity index (χ2n) is 4.64. The third kappa shape index (κ3) is 2.69. The third-order valence-corrected chi connectivity index (χ3v) is 2.90. The number of hydrogen-bond acceptors (Lipinski definition) is 3. The van der Waals surface area contributed by atoms with Crippen LogP contribution < -0.4 is 5.32 Å². The zero-order chi connectivity index (χ0) is 14.9. The lowest BCUT2D eigenvalue weighted by molar-refractivity contribution is 0.0698. The summed E-state index contributed by atoms with van der Waals surface area (Å²) in [4.78, 5) is 23.3. The number of nitrogens with one attached hydrogen (secondary N) is 1. The quantitative estimate of drug-likeness (QED) is 0.895. The van der Waals surface area contributed by atoms with E-state index < -0.39 is 11.9 Å². The van der Waals surface area contributed by atoms with Crippen LogP contribution in [0.5, 0.6) is 0 Å². The maximum atomic E-state index is 12.1. The SMILES string of the molecule is Cc1cc(C)c(NC(=O)c2ccn(C)n2)c(C(=O)O)c1. The van der Waals surface area contributed by atoms with Crippen LogP contribution in [-0.2, 0) is 7.05 Å². The van der Waals surface area contributed by atoms with E-state index in [9.17, 15) is 14.7 Å². The van der Waals surface area contributed by atoms with Gasteiger partial charge < -0.3 is 10.4 Å². The van der Waals surface area contributed by atoms with Crippen molar-refractivity contribution in [2.45, 2.75) is 13.8 Å². The zero-order valence-corrected chi connectivity index (χ0v) is 11.5. The number of carboxylic acids is 1. The summed E-state index contributed by atoms with van der Waals surface area (Å²) < 4.78 is 1.51. The largest absolute Gasteiger partial charge is 0.478 e. The van der Waals surface area contributed by atoms with Crippen LogP contribution in [0.1, 0.15) is 32.0 Å². The average molecular weight is 273 g/mol. The normalized spacial score (nSPS) is 10.3. The van der Waals surface area contributed by atoms with Crippen LogP contribution >= 0.6 is 0 Å². The lowest BCUT2D eigenvalue weighted by Crippen LogP contribution is -2.17. The molecule has 6 nitrogen and oxygen atoms in total. The fourth-order valence-electron chi connectivity index (χ4n) is 2.02. The maximum absolute atomic E-state index is 12.1. The van der Waals surface area contributed by atoms with Gasteiger partial charge in [0.2, 0.25) is 0 Å². The van der Waals surface area contributed by atoms with E-state index in [2.05, 4.69) is 10.4 Å². The Labute approximate surface area is 116 Å². The lowest BCUT2D eigenvalue weighted by Gasteiger charge is -2.12. The van der Waals surface area contributed by atoms with Crippen molar-refractivity contribution in [3.63, 3.8) is 0 Å². The summed E-state index contributed by atoms with van der Waals surface area (Å²) in [7, 11) is 1.70. The van der Waals surface area contributed by atoms with Gasteiger partial charge in [-0.1, -0.05) is 6.07 Å². The van der Waals surface area contributed by atoms with Crippen molar-refractivity contribution in [1.82, 2.24) is 9.78 Å². The molecule has 2 aromatic rings. The smallest absolute Gasteiger partial charge is 0.337 e. The fourth-order valence-corrected chi connectivity index (χ4v) is 2.02. The molecule has 1 heterocycles. The van der Waals surface area contributed by atoms with Gasteiger partial charge in [-0.05, 0) is 37.1 Å². The van der Waals surface area contributed by atoms with Gasteiger partial charge in [0.25, 0.3) is 5.91 Å². The number of carbonyl (C=O) groups excluding carboxylic acids is 1. The third-order valence-electron chi connectivity index (χ3n) is 2.90. The van der Waals surface area contributed by atoms with Crippen LogP contribution in [0.2, 0.25) is 0 Å². The number of aromatic carboxylic acids is 1. The Hall–Kier alpha value is -2.63. The molecule has 0 bridgehead atoms. The van der Waals surface area contributed by atoms with Crippen molar-refractivity contribution in [3.05, 3.63) is 46.8 Å². The molecule has 104 valence electrons. The number of hydrogen-bond donors (Lipinski definition) is 2. The Morgan fingerprint density at radius 1 is 1.30 bits per heavy atom. The molecule has 1 aromatic carbocycles. The molecule has 0 aliphatic carbocycles. The minimum atomic E-state index is -1.08. The van der Waals surface area contributed by atoms with Crippen LogP contribution in [0.3, 0.4) is 0 Å². The summed E-state index contributed by atoms with van der Waals surface area (Å²) in [5.41, 5.74) is 2.15. The number of carboxylic acid groups (broad SMARTS) is 1. The summed E-state index contributed by atoms with van der Waals surface area (Å²) in [6, 6.07) is 4.92. The highest BCUT2D eigenvalue weighted by Crippen LogP contribution is 2.23. The van der Waals surface area contributed by atoms with Crippen LogP contribution in [0.15, 0.2) is 24.4 Å². The fraction of sp³-hybridized carbons (Fsp3) is 0.214. The van der Waals surface area contributed by atoms with E-state index in [1.807, 2.05) is 13.0 Å². The van der Waals surface area contributed by atoms with Gasteiger partial charge in [0.15, 0.2) is 5.69 Å². The first-order chi connectivity index (χ1) is 9.38.